The molecule has 0 spiro atoms. The summed E-state index contributed by atoms with van der Waals surface area (Å²) in [5, 5.41) is 4.84. The minimum Gasteiger partial charge on any atom is -0.360 e. The smallest absolute Gasteiger partial charge is 0.157 e. The third kappa shape index (κ3) is 2.73. The van der Waals surface area contributed by atoms with E-state index in [-0.39, 0.29) is 5.54 Å². The number of amidine groups is 1. The summed E-state index contributed by atoms with van der Waals surface area (Å²) >= 11 is 1.91. The van der Waals surface area contributed by atoms with Gasteiger partial charge in [0.25, 0.3) is 0 Å². The number of hydrogen-bond donors (Lipinski definition) is 1. The number of aliphatic imine (C=N–C) groups is 1. The first-order valence-electron chi connectivity index (χ1n) is 6.62. The number of thioether (sulfide) groups is 1. The van der Waals surface area contributed by atoms with Crippen LogP contribution in [-0.2, 0) is 0 Å². The zero-order valence-electron chi connectivity index (χ0n) is 10.8. The van der Waals surface area contributed by atoms with E-state index in [9.17, 15) is 0 Å². The zero-order chi connectivity index (χ0) is 11.6. The SMILES string of the molecule is CCC1(C)CCSC(=NC2CCCC2C)N1. The van der Waals surface area contributed by atoms with Gasteiger partial charge in [0.15, 0.2) is 5.17 Å². The van der Waals surface area contributed by atoms with E-state index < -0.39 is 0 Å². The molecule has 0 aromatic carbocycles. The first-order chi connectivity index (χ1) is 7.63. The molecule has 92 valence electrons. The summed E-state index contributed by atoms with van der Waals surface area (Å²) in [4.78, 5) is 4.93. The van der Waals surface area contributed by atoms with Gasteiger partial charge in [-0.15, -0.1) is 0 Å². The fraction of sp³-hybridized carbons (Fsp3) is 0.923. The van der Waals surface area contributed by atoms with Gasteiger partial charge < -0.3 is 5.32 Å². The molecule has 0 amide bonds. The van der Waals surface area contributed by atoms with Crippen LogP contribution in [0.1, 0.15) is 52.9 Å². The summed E-state index contributed by atoms with van der Waals surface area (Å²) in [6.45, 7) is 6.92. The Morgan fingerprint density at radius 3 is 2.94 bits per heavy atom. The molecule has 1 aliphatic heterocycles. The molecule has 1 N–H and O–H groups in total. The zero-order valence-corrected chi connectivity index (χ0v) is 11.6. The average molecular weight is 240 g/mol. The molecule has 0 radical (unpaired) electrons. The van der Waals surface area contributed by atoms with Crippen molar-refractivity contribution in [1.29, 1.82) is 0 Å². The van der Waals surface area contributed by atoms with E-state index in [4.69, 9.17) is 4.99 Å². The van der Waals surface area contributed by atoms with Crippen LogP contribution in [0, 0.1) is 5.92 Å². The standard InChI is InChI=1S/C13H24N2S/c1-4-13(3)8-9-16-12(15-13)14-11-7-5-6-10(11)2/h10-11H,4-9H2,1-3H3,(H,14,15). The molecule has 1 aliphatic carbocycles. The lowest BCUT2D eigenvalue weighted by molar-refractivity contribution is 0.388. The summed E-state index contributed by atoms with van der Waals surface area (Å²) in [7, 11) is 0. The van der Waals surface area contributed by atoms with Gasteiger partial charge in [-0.2, -0.15) is 0 Å². The molecule has 0 bridgehead atoms. The highest BCUT2D eigenvalue weighted by atomic mass is 32.2. The molecular weight excluding hydrogens is 216 g/mol. The number of nitrogens with one attached hydrogen (secondary N) is 1. The van der Waals surface area contributed by atoms with Crippen LogP contribution in [-0.4, -0.2) is 22.5 Å². The number of rotatable bonds is 2. The van der Waals surface area contributed by atoms with E-state index in [1.807, 2.05) is 11.8 Å². The van der Waals surface area contributed by atoms with Gasteiger partial charge in [0, 0.05) is 11.3 Å². The maximum atomic E-state index is 4.93. The molecule has 2 fully saturated rings. The summed E-state index contributed by atoms with van der Waals surface area (Å²) in [5.74, 6) is 2.00. The largest absolute Gasteiger partial charge is 0.360 e. The second kappa shape index (κ2) is 4.99. The van der Waals surface area contributed by atoms with E-state index in [1.54, 1.807) is 0 Å². The van der Waals surface area contributed by atoms with Crippen LogP contribution in [0.4, 0.5) is 0 Å². The Labute approximate surface area is 104 Å². The first kappa shape index (κ1) is 12.3. The summed E-state index contributed by atoms with van der Waals surface area (Å²) in [6, 6.07) is 0.578. The van der Waals surface area contributed by atoms with Gasteiger partial charge >= 0.3 is 0 Å². The molecular formula is C13H24N2S. The van der Waals surface area contributed by atoms with Crippen molar-refractivity contribution in [2.45, 2.75) is 64.5 Å². The van der Waals surface area contributed by atoms with E-state index in [2.05, 4.69) is 26.1 Å². The Morgan fingerprint density at radius 2 is 2.31 bits per heavy atom. The molecule has 2 nitrogen and oxygen atoms in total. The topological polar surface area (TPSA) is 24.4 Å². The highest BCUT2D eigenvalue weighted by Gasteiger charge is 2.29. The van der Waals surface area contributed by atoms with E-state index in [0.29, 0.717) is 6.04 Å². The van der Waals surface area contributed by atoms with Crippen LogP contribution < -0.4 is 5.32 Å². The third-order valence-electron chi connectivity index (χ3n) is 4.18. The van der Waals surface area contributed by atoms with Crippen LogP contribution in [0.5, 0.6) is 0 Å². The second-order valence-corrected chi connectivity index (χ2v) is 6.63. The van der Waals surface area contributed by atoms with E-state index in [0.717, 1.165) is 5.92 Å². The van der Waals surface area contributed by atoms with Gasteiger partial charge in [0.2, 0.25) is 0 Å². The lowest BCUT2D eigenvalue weighted by Crippen LogP contribution is -2.48. The van der Waals surface area contributed by atoms with Crippen LogP contribution in [0.25, 0.3) is 0 Å². The second-order valence-electron chi connectivity index (χ2n) is 5.55. The molecule has 1 heterocycles. The van der Waals surface area contributed by atoms with Gasteiger partial charge in [0.1, 0.15) is 0 Å². The molecule has 0 aromatic heterocycles. The van der Waals surface area contributed by atoms with Gasteiger partial charge in [-0.05, 0) is 38.5 Å². The lowest BCUT2D eigenvalue weighted by atomic mass is 9.96. The van der Waals surface area contributed by atoms with Crippen LogP contribution >= 0.6 is 11.8 Å². The number of nitrogens with zero attached hydrogens (tertiary/aromatic N) is 1. The van der Waals surface area contributed by atoms with Gasteiger partial charge in [-0.1, -0.05) is 32.0 Å². The monoisotopic (exact) mass is 240 g/mol. The Bertz CT molecular complexity index is 277. The molecule has 1 saturated carbocycles. The molecule has 2 rings (SSSR count). The van der Waals surface area contributed by atoms with Gasteiger partial charge in [-0.3, -0.25) is 4.99 Å². The summed E-state index contributed by atoms with van der Waals surface area (Å²) in [6.07, 6.45) is 6.45. The molecule has 2 aliphatic rings. The fourth-order valence-corrected chi connectivity index (χ4v) is 3.81. The fourth-order valence-electron chi connectivity index (χ4n) is 2.53. The maximum absolute atomic E-state index is 4.93. The lowest BCUT2D eigenvalue weighted by Gasteiger charge is -2.35. The predicted octanol–water partition coefficient (Wildman–Crippen LogP) is 3.43. The highest BCUT2D eigenvalue weighted by molar-refractivity contribution is 8.13. The van der Waals surface area contributed by atoms with Crippen LogP contribution in [0.3, 0.4) is 0 Å². The van der Waals surface area contributed by atoms with Crippen molar-refractivity contribution in [3.8, 4) is 0 Å². The third-order valence-corrected chi connectivity index (χ3v) is 5.07. The minimum atomic E-state index is 0.284. The Hall–Kier alpha value is -0.180. The van der Waals surface area contributed by atoms with Gasteiger partial charge in [-0.25, -0.2) is 0 Å². The predicted molar refractivity (Wildman–Crippen MR) is 73.1 cm³/mol. The number of hydrogen-bond acceptors (Lipinski definition) is 2. The van der Waals surface area contributed by atoms with E-state index in [1.165, 1.54) is 43.0 Å². The average Bonchev–Trinajstić information content (AvgIpc) is 2.65. The Morgan fingerprint density at radius 1 is 1.50 bits per heavy atom. The Balaban J connectivity index is 2.01. The van der Waals surface area contributed by atoms with Crippen molar-refractivity contribution in [3.05, 3.63) is 0 Å². The summed E-state index contributed by atoms with van der Waals surface area (Å²) < 4.78 is 0. The van der Waals surface area contributed by atoms with Crippen molar-refractivity contribution in [2.24, 2.45) is 10.9 Å². The van der Waals surface area contributed by atoms with Crippen molar-refractivity contribution >= 4 is 16.9 Å². The quantitative estimate of drug-likeness (QED) is 0.799. The summed E-state index contributed by atoms with van der Waals surface area (Å²) in [5.41, 5.74) is 0.284. The van der Waals surface area contributed by atoms with Crippen molar-refractivity contribution in [2.75, 3.05) is 5.75 Å². The van der Waals surface area contributed by atoms with Crippen LogP contribution in [0.15, 0.2) is 4.99 Å². The molecule has 3 atom stereocenters. The molecule has 16 heavy (non-hydrogen) atoms. The Kier molecular flexibility index (Phi) is 3.83. The first-order valence-corrected chi connectivity index (χ1v) is 7.60. The van der Waals surface area contributed by atoms with Crippen LogP contribution in [0.2, 0.25) is 0 Å². The van der Waals surface area contributed by atoms with Crippen molar-refractivity contribution in [3.63, 3.8) is 0 Å². The molecule has 1 saturated heterocycles. The normalized spacial score (nSPS) is 42.3. The van der Waals surface area contributed by atoms with Crippen molar-refractivity contribution < 1.29 is 0 Å². The maximum Gasteiger partial charge on any atom is 0.157 e. The highest BCUT2D eigenvalue weighted by Crippen LogP contribution is 2.30. The molecule has 0 aromatic rings. The molecule has 3 heteroatoms. The van der Waals surface area contributed by atoms with Crippen molar-refractivity contribution in [1.82, 2.24) is 5.32 Å². The van der Waals surface area contributed by atoms with Gasteiger partial charge in [0.05, 0.1) is 6.04 Å². The minimum absolute atomic E-state index is 0.284. The van der Waals surface area contributed by atoms with E-state index >= 15 is 0 Å². The molecule has 3 unspecified atom stereocenters.